The monoisotopic (exact) mass is 454 g/mol. The highest BCUT2D eigenvalue weighted by Gasteiger charge is 2.67. The summed E-state index contributed by atoms with van der Waals surface area (Å²) < 4.78 is 6.59. The molecule has 176 valence electrons. The van der Waals surface area contributed by atoms with Crippen LogP contribution in [0.25, 0.3) is 0 Å². The standard InChI is InChI=1S/C28H42O3Si/c1-26-17-15-22-23(28(26,30)18-16-25(26)29)14-13-19-9-8-11-21(27(19,22)2)20-10-6-7-12-24(20)31-32(3,4)5/h6-8,10-12,19,21-23,25,29-30H,9,13-18H2,1-5H3/t19-,21?,22+,23-,25-,26-,27-,28+/m1/s1. The molecular weight excluding hydrogens is 412 g/mol. The van der Waals surface area contributed by atoms with E-state index in [0.29, 0.717) is 17.8 Å². The van der Waals surface area contributed by atoms with Crippen LogP contribution in [0, 0.1) is 28.6 Å². The number of hydrogen-bond acceptors (Lipinski definition) is 3. The zero-order valence-electron chi connectivity index (χ0n) is 20.6. The minimum atomic E-state index is -1.73. The summed E-state index contributed by atoms with van der Waals surface area (Å²) in [6, 6.07) is 8.70. The average molecular weight is 455 g/mol. The number of fused-ring (bicyclic) bond motifs is 5. The summed E-state index contributed by atoms with van der Waals surface area (Å²) in [5.41, 5.74) is 0.339. The van der Waals surface area contributed by atoms with Crippen molar-refractivity contribution in [3.63, 3.8) is 0 Å². The Bertz CT molecular complexity index is 906. The van der Waals surface area contributed by atoms with Gasteiger partial charge in [0, 0.05) is 16.9 Å². The van der Waals surface area contributed by atoms with Crippen LogP contribution in [0.15, 0.2) is 36.4 Å². The summed E-state index contributed by atoms with van der Waals surface area (Å²) in [7, 11) is -1.73. The van der Waals surface area contributed by atoms with E-state index < -0.39 is 13.9 Å². The van der Waals surface area contributed by atoms with Crippen molar-refractivity contribution in [3.8, 4) is 5.75 Å². The van der Waals surface area contributed by atoms with Gasteiger partial charge in [-0.2, -0.15) is 0 Å². The summed E-state index contributed by atoms with van der Waals surface area (Å²) in [4.78, 5) is 0. The molecule has 32 heavy (non-hydrogen) atoms. The third-order valence-corrected chi connectivity index (χ3v) is 11.0. The Labute approximate surface area is 195 Å². The molecule has 0 aliphatic heterocycles. The molecular formula is C28H42O3Si. The van der Waals surface area contributed by atoms with Crippen LogP contribution in [-0.2, 0) is 0 Å². The fourth-order valence-electron chi connectivity index (χ4n) is 8.45. The first-order valence-corrected chi connectivity index (χ1v) is 16.3. The zero-order chi connectivity index (χ0) is 22.9. The molecule has 1 unspecified atom stereocenters. The van der Waals surface area contributed by atoms with Crippen LogP contribution < -0.4 is 4.43 Å². The molecule has 3 nitrogen and oxygen atoms in total. The fraction of sp³-hybridized carbons (Fsp3) is 0.714. The van der Waals surface area contributed by atoms with Crippen molar-refractivity contribution in [1.82, 2.24) is 0 Å². The number of hydrogen-bond donors (Lipinski definition) is 2. The van der Waals surface area contributed by atoms with Crippen LogP contribution >= 0.6 is 0 Å². The predicted octanol–water partition coefficient (Wildman–Crippen LogP) is 6.28. The first-order valence-electron chi connectivity index (χ1n) is 12.9. The average Bonchev–Trinajstić information content (AvgIpc) is 2.97. The molecule has 4 aliphatic carbocycles. The van der Waals surface area contributed by atoms with E-state index in [1.54, 1.807) is 0 Å². The molecule has 0 amide bonds. The van der Waals surface area contributed by atoms with E-state index in [2.05, 4.69) is 69.9 Å². The van der Waals surface area contributed by atoms with Crippen LogP contribution in [0.4, 0.5) is 0 Å². The van der Waals surface area contributed by atoms with Crippen molar-refractivity contribution in [3.05, 3.63) is 42.0 Å². The van der Waals surface area contributed by atoms with Crippen LogP contribution in [0.1, 0.15) is 70.3 Å². The van der Waals surface area contributed by atoms with E-state index in [4.69, 9.17) is 4.43 Å². The van der Waals surface area contributed by atoms with E-state index in [-0.39, 0.29) is 22.9 Å². The van der Waals surface area contributed by atoms with E-state index in [1.807, 2.05) is 0 Å². The van der Waals surface area contributed by atoms with Gasteiger partial charge in [-0.25, -0.2) is 0 Å². The minimum absolute atomic E-state index is 0.0984. The van der Waals surface area contributed by atoms with Crippen LogP contribution in [0.3, 0.4) is 0 Å². The van der Waals surface area contributed by atoms with Crippen molar-refractivity contribution < 1.29 is 14.6 Å². The van der Waals surface area contributed by atoms with Crippen molar-refractivity contribution in [1.29, 1.82) is 0 Å². The Kier molecular flexibility index (Phi) is 5.28. The highest BCUT2D eigenvalue weighted by molar-refractivity contribution is 6.70. The lowest BCUT2D eigenvalue weighted by atomic mass is 9.42. The van der Waals surface area contributed by atoms with Gasteiger partial charge in [-0.1, -0.05) is 44.2 Å². The molecule has 0 spiro atoms. The lowest BCUT2D eigenvalue weighted by Crippen LogP contribution is -2.63. The van der Waals surface area contributed by atoms with Gasteiger partial charge in [0.15, 0.2) is 0 Å². The Balaban J connectivity index is 1.57. The molecule has 1 aromatic rings. The number of benzene rings is 1. The van der Waals surface area contributed by atoms with Gasteiger partial charge in [0.1, 0.15) is 5.75 Å². The maximum absolute atomic E-state index is 12.1. The Hall–Kier alpha value is -1.10. The summed E-state index contributed by atoms with van der Waals surface area (Å²) in [5, 5.41) is 22.9. The number of aliphatic hydroxyl groups excluding tert-OH is 1. The molecule has 0 saturated heterocycles. The summed E-state index contributed by atoms with van der Waals surface area (Å²) in [5.74, 6) is 2.75. The number of para-hydroxylation sites is 1. The highest BCUT2D eigenvalue weighted by atomic mass is 28.4. The highest BCUT2D eigenvalue weighted by Crippen LogP contribution is 2.69. The summed E-state index contributed by atoms with van der Waals surface area (Å²) in [6.07, 6.45) is 11.4. The molecule has 4 heteroatoms. The second-order valence-corrected chi connectivity index (χ2v) is 17.1. The Morgan fingerprint density at radius 1 is 0.969 bits per heavy atom. The van der Waals surface area contributed by atoms with Gasteiger partial charge in [-0.3, -0.25) is 0 Å². The van der Waals surface area contributed by atoms with E-state index in [0.717, 1.165) is 44.3 Å². The molecule has 4 aliphatic rings. The number of rotatable bonds is 3. The van der Waals surface area contributed by atoms with Crippen molar-refractivity contribution in [2.75, 3.05) is 0 Å². The topological polar surface area (TPSA) is 49.7 Å². The first kappa shape index (κ1) is 22.7. The second-order valence-electron chi connectivity index (χ2n) is 12.7. The summed E-state index contributed by atoms with van der Waals surface area (Å²) >= 11 is 0. The molecule has 0 aromatic heterocycles. The fourth-order valence-corrected chi connectivity index (χ4v) is 9.30. The molecule has 3 saturated carbocycles. The van der Waals surface area contributed by atoms with E-state index in [1.165, 1.54) is 12.0 Å². The number of allylic oxidation sites excluding steroid dienone is 2. The van der Waals surface area contributed by atoms with Crippen LogP contribution in [0.2, 0.25) is 19.6 Å². The molecule has 0 radical (unpaired) electrons. The van der Waals surface area contributed by atoms with Crippen molar-refractivity contribution in [2.45, 2.75) is 96.1 Å². The quantitative estimate of drug-likeness (QED) is 0.417. The van der Waals surface area contributed by atoms with Crippen molar-refractivity contribution in [2.24, 2.45) is 28.6 Å². The number of aliphatic hydroxyl groups is 2. The van der Waals surface area contributed by atoms with Gasteiger partial charge in [0.25, 0.3) is 0 Å². The van der Waals surface area contributed by atoms with Gasteiger partial charge < -0.3 is 14.6 Å². The minimum Gasteiger partial charge on any atom is -0.544 e. The first-order chi connectivity index (χ1) is 15.0. The lowest BCUT2D eigenvalue weighted by molar-refractivity contribution is -0.211. The van der Waals surface area contributed by atoms with Gasteiger partial charge in [-0.05, 0) is 93.8 Å². The summed E-state index contributed by atoms with van der Waals surface area (Å²) in [6.45, 7) is 11.4. The van der Waals surface area contributed by atoms with E-state index >= 15 is 0 Å². The normalized spacial score (nSPS) is 45.7. The maximum atomic E-state index is 12.1. The van der Waals surface area contributed by atoms with Crippen LogP contribution in [-0.4, -0.2) is 30.2 Å². The maximum Gasteiger partial charge on any atom is 0.242 e. The van der Waals surface area contributed by atoms with Gasteiger partial charge in [0.05, 0.1) is 11.7 Å². The Morgan fingerprint density at radius 2 is 1.72 bits per heavy atom. The lowest BCUT2D eigenvalue weighted by Gasteiger charge is -2.64. The van der Waals surface area contributed by atoms with Crippen molar-refractivity contribution >= 4 is 8.32 Å². The third-order valence-electron chi connectivity index (χ3n) is 10.2. The molecule has 3 fully saturated rings. The van der Waals surface area contributed by atoms with Gasteiger partial charge >= 0.3 is 0 Å². The largest absolute Gasteiger partial charge is 0.544 e. The third kappa shape index (κ3) is 3.12. The molecule has 5 rings (SSSR count). The van der Waals surface area contributed by atoms with E-state index in [9.17, 15) is 10.2 Å². The molecule has 8 atom stereocenters. The molecule has 1 aromatic carbocycles. The zero-order valence-corrected chi connectivity index (χ0v) is 21.6. The molecule has 0 heterocycles. The predicted molar refractivity (Wildman–Crippen MR) is 132 cm³/mol. The van der Waals surface area contributed by atoms with Gasteiger partial charge in [0.2, 0.25) is 8.32 Å². The molecule has 2 N–H and O–H groups in total. The van der Waals surface area contributed by atoms with Gasteiger partial charge in [-0.15, -0.1) is 0 Å². The Morgan fingerprint density at radius 3 is 2.47 bits per heavy atom. The second kappa shape index (κ2) is 7.45. The van der Waals surface area contributed by atoms with Crippen LogP contribution in [0.5, 0.6) is 5.75 Å². The smallest absolute Gasteiger partial charge is 0.242 e. The molecule has 0 bridgehead atoms. The SMILES string of the molecule is C[C@]12C(c3ccccc3O[Si](C)(C)C)C=CC[C@@H]1CC[C@@H]1[C@@H]2CC[C@]2(C)[C@H](O)CC[C@]12O.